The molecule has 2 aliphatic rings. The number of anilines is 1. The van der Waals surface area contributed by atoms with Crippen molar-refractivity contribution in [2.24, 2.45) is 5.92 Å². The minimum atomic E-state index is -0.968. The van der Waals surface area contributed by atoms with Crippen molar-refractivity contribution in [3.63, 3.8) is 0 Å². The molecule has 1 aromatic carbocycles. The van der Waals surface area contributed by atoms with Crippen molar-refractivity contribution in [2.75, 3.05) is 24.6 Å². The van der Waals surface area contributed by atoms with Gasteiger partial charge in [0.05, 0.1) is 23.1 Å². The summed E-state index contributed by atoms with van der Waals surface area (Å²) in [5.41, 5.74) is -0.489. The molecule has 1 atom stereocenters. The van der Waals surface area contributed by atoms with Gasteiger partial charge in [-0.25, -0.2) is 5.06 Å². The highest BCUT2D eigenvalue weighted by Gasteiger charge is 2.38. The number of halogens is 1. The smallest absolute Gasteiger partial charge is 0.306 e. The van der Waals surface area contributed by atoms with Crippen LogP contribution in [-0.2, 0) is 14.4 Å². The van der Waals surface area contributed by atoms with Gasteiger partial charge in [-0.3, -0.25) is 24.5 Å². The molecule has 2 saturated heterocycles. The van der Waals surface area contributed by atoms with Crippen molar-refractivity contribution < 1.29 is 23.7 Å². The van der Waals surface area contributed by atoms with Gasteiger partial charge in [0.15, 0.2) is 0 Å². The summed E-state index contributed by atoms with van der Waals surface area (Å²) in [7, 11) is 0. The maximum absolute atomic E-state index is 13.4. The van der Waals surface area contributed by atoms with Crippen LogP contribution in [0.3, 0.4) is 0 Å². The third-order valence-corrected chi connectivity index (χ3v) is 4.16. The van der Waals surface area contributed by atoms with E-state index in [4.69, 9.17) is 4.84 Å². The summed E-state index contributed by atoms with van der Waals surface area (Å²) < 4.78 is 13.4. The molecule has 128 valence electrons. The van der Waals surface area contributed by atoms with Crippen molar-refractivity contribution in [3.05, 3.63) is 34.1 Å². The third kappa shape index (κ3) is 3.07. The number of nitro benzene ring substituents is 1. The van der Waals surface area contributed by atoms with Gasteiger partial charge in [0.25, 0.3) is 5.91 Å². The summed E-state index contributed by atoms with van der Waals surface area (Å²) in [6.45, 7) is 1.06. The number of nitrogens with zero attached hydrogens (tertiary/aromatic N) is 3. The molecule has 2 heterocycles. The predicted molar refractivity (Wildman–Crippen MR) is 80.4 cm³/mol. The minimum Gasteiger partial charge on any atom is -0.311 e. The summed E-state index contributed by atoms with van der Waals surface area (Å²) in [5, 5.41) is 12.1. The molecule has 24 heavy (non-hydrogen) atoms. The summed E-state index contributed by atoms with van der Waals surface area (Å²) >= 11 is 0. The van der Waals surface area contributed by atoms with E-state index >= 15 is 0 Å². The van der Waals surface area contributed by atoms with E-state index in [1.54, 1.807) is 0 Å². The number of carbonyl (C=O) groups is 2. The molecule has 2 fully saturated rings. The van der Waals surface area contributed by atoms with Crippen LogP contribution < -0.4 is 4.90 Å². The molecule has 9 heteroatoms. The Labute approximate surface area is 136 Å². The number of carbonyl (C=O) groups excluding carboxylic acids is 2. The van der Waals surface area contributed by atoms with E-state index in [9.17, 15) is 24.1 Å². The first-order chi connectivity index (χ1) is 11.5. The maximum atomic E-state index is 13.4. The van der Waals surface area contributed by atoms with Crippen LogP contribution in [-0.4, -0.2) is 41.5 Å². The Hall–Kier alpha value is -2.55. The van der Waals surface area contributed by atoms with E-state index in [0.29, 0.717) is 13.2 Å². The topological polar surface area (TPSA) is 93.0 Å². The van der Waals surface area contributed by atoms with E-state index in [0.717, 1.165) is 25.0 Å². The van der Waals surface area contributed by atoms with Gasteiger partial charge in [0, 0.05) is 25.6 Å². The van der Waals surface area contributed by atoms with Crippen LogP contribution in [0.1, 0.15) is 19.3 Å². The van der Waals surface area contributed by atoms with Crippen LogP contribution in [0.2, 0.25) is 0 Å². The highest BCUT2D eigenvalue weighted by atomic mass is 19.1. The second-order valence-corrected chi connectivity index (χ2v) is 5.78. The number of hydrogen-bond acceptors (Lipinski definition) is 5. The van der Waals surface area contributed by atoms with Crippen LogP contribution in [0.5, 0.6) is 0 Å². The lowest BCUT2D eigenvalue weighted by molar-refractivity contribution is -0.387. The van der Waals surface area contributed by atoms with Gasteiger partial charge >= 0.3 is 5.69 Å². The van der Waals surface area contributed by atoms with Crippen molar-refractivity contribution in [1.82, 2.24) is 5.06 Å². The SMILES string of the molecule is O=C(C1CC(=O)N(c2ccc(F)c([N+](=O)[O-])c2)C1)N1CCCCO1. The zero-order valence-corrected chi connectivity index (χ0v) is 12.8. The van der Waals surface area contributed by atoms with Gasteiger partial charge in [-0.15, -0.1) is 0 Å². The number of benzene rings is 1. The summed E-state index contributed by atoms with van der Waals surface area (Å²) in [6.07, 6.45) is 1.74. The fourth-order valence-corrected chi connectivity index (χ4v) is 2.91. The van der Waals surface area contributed by atoms with Gasteiger partial charge in [-0.05, 0) is 25.0 Å². The molecule has 2 aliphatic heterocycles. The molecule has 0 saturated carbocycles. The normalized spacial score (nSPS) is 21.2. The molecule has 2 amide bonds. The Morgan fingerprint density at radius 2 is 2.17 bits per heavy atom. The van der Waals surface area contributed by atoms with Crippen molar-refractivity contribution >= 4 is 23.2 Å². The Kier molecular flexibility index (Phi) is 4.43. The molecule has 0 bridgehead atoms. The second-order valence-electron chi connectivity index (χ2n) is 5.78. The first kappa shape index (κ1) is 16.3. The first-order valence-electron chi connectivity index (χ1n) is 7.66. The molecule has 0 aliphatic carbocycles. The number of hydroxylamine groups is 2. The van der Waals surface area contributed by atoms with Gasteiger partial charge in [0.2, 0.25) is 11.7 Å². The van der Waals surface area contributed by atoms with Gasteiger partial charge in [0.1, 0.15) is 0 Å². The van der Waals surface area contributed by atoms with Crippen LogP contribution in [0.4, 0.5) is 15.8 Å². The maximum Gasteiger partial charge on any atom is 0.306 e. The number of nitro groups is 1. The number of rotatable bonds is 3. The molecule has 3 rings (SSSR count). The lowest BCUT2D eigenvalue weighted by Crippen LogP contribution is -2.40. The molecule has 0 spiro atoms. The van der Waals surface area contributed by atoms with Crippen molar-refractivity contribution in [3.8, 4) is 0 Å². The first-order valence-corrected chi connectivity index (χ1v) is 7.66. The van der Waals surface area contributed by atoms with Crippen LogP contribution in [0, 0.1) is 21.8 Å². The Morgan fingerprint density at radius 3 is 2.83 bits per heavy atom. The molecule has 8 nitrogen and oxygen atoms in total. The fraction of sp³-hybridized carbons (Fsp3) is 0.467. The standard InChI is InChI=1S/C15H16FN3O5/c16-12-4-3-11(8-13(12)19(22)23)17-9-10(7-14(17)20)15(21)18-5-1-2-6-24-18/h3-4,8,10H,1-2,5-7,9H2. The van der Waals surface area contributed by atoms with E-state index < -0.39 is 22.3 Å². The van der Waals surface area contributed by atoms with Gasteiger partial charge in [-0.2, -0.15) is 4.39 Å². The molecule has 1 aromatic rings. The highest BCUT2D eigenvalue weighted by molar-refractivity contribution is 6.00. The average Bonchev–Trinajstić information content (AvgIpc) is 2.97. The number of hydrogen-bond donors (Lipinski definition) is 0. The highest BCUT2D eigenvalue weighted by Crippen LogP contribution is 2.30. The van der Waals surface area contributed by atoms with E-state index in [1.807, 2.05) is 0 Å². The van der Waals surface area contributed by atoms with E-state index in [2.05, 4.69) is 0 Å². The lowest BCUT2D eigenvalue weighted by Gasteiger charge is -2.28. The minimum absolute atomic E-state index is 0.00384. The van der Waals surface area contributed by atoms with Crippen LogP contribution in [0.25, 0.3) is 0 Å². The van der Waals surface area contributed by atoms with Gasteiger partial charge < -0.3 is 4.90 Å². The molecule has 0 radical (unpaired) electrons. The third-order valence-electron chi connectivity index (χ3n) is 4.16. The summed E-state index contributed by atoms with van der Waals surface area (Å²) in [5.74, 6) is -2.13. The quantitative estimate of drug-likeness (QED) is 0.617. The van der Waals surface area contributed by atoms with Crippen LogP contribution >= 0.6 is 0 Å². The zero-order chi connectivity index (χ0) is 17.3. The zero-order valence-electron chi connectivity index (χ0n) is 12.8. The Morgan fingerprint density at radius 1 is 1.38 bits per heavy atom. The van der Waals surface area contributed by atoms with Crippen LogP contribution in [0.15, 0.2) is 18.2 Å². The summed E-state index contributed by atoms with van der Waals surface area (Å²) in [4.78, 5) is 41.2. The Bertz CT molecular complexity index is 690. The second kappa shape index (κ2) is 6.52. The largest absolute Gasteiger partial charge is 0.311 e. The monoisotopic (exact) mass is 337 g/mol. The molecular formula is C15H16FN3O5. The van der Waals surface area contributed by atoms with E-state index in [-0.39, 0.29) is 30.5 Å². The van der Waals surface area contributed by atoms with Crippen molar-refractivity contribution in [1.29, 1.82) is 0 Å². The average molecular weight is 337 g/mol. The van der Waals surface area contributed by atoms with Gasteiger partial charge in [-0.1, -0.05) is 0 Å². The van der Waals surface area contributed by atoms with E-state index in [1.165, 1.54) is 16.0 Å². The fourth-order valence-electron chi connectivity index (χ4n) is 2.91. The molecule has 0 N–H and O–H groups in total. The lowest BCUT2D eigenvalue weighted by atomic mass is 10.1. The molecular weight excluding hydrogens is 321 g/mol. The molecule has 0 aromatic heterocycles. The summed E-state index contributed by atoms with van der Waals surface area (Å²) in [6, 6.07) is 3.26. The predicted octanol–water partition coefficient (Wildman–Crippen LogP) is 1.64. The van der Waals surface area contributed by atoms with Crippen molar-refractivity contribution in [2.45, 2.75) is 19.3 Å². The number of amides is 2. The molecule has 1 unspecified atom stereocenters. The Balaban J connectivity index is 1.76.